The third-order valence-corrected chi connectivity index (χ3v) is 4.54. The zero-order valence-corrected chi connectivity index (χ0v) is 13.7. The lowest BCUT2D eigenvalue weighted by Crippen LogP contribution is -2.34. The number of rotatable bonds is 4. The van der Waals surface area contributed by atoms with Gasteiger partial charge in [-0.3, -0.25) is 10.00 Å². The molecule has 2 aliphatic carbocycles. The number of anilines is 1. The van der Waals surface area contributed by atoms with Crippen LogP contribution in [0, 0.1) is 0 Å². The fourth-order valence-electron chi connectivity index (χ4n) is 2.99. The van der Waals surface area contributed by atoms with Crippen LogP contribution in [0.1, 0.15) is 55.7 Å². The standard InChI is InChI=1S/C15H18F5N3O2/c1-7(15(18,19)20)25-13(24)21-12-10(8-3-4-8)11(22-23(12)2)9-5-14(16,17)6-9/h7-9H,3-6H2,1-2H3,(H,21,24)/t7-/m1/s1. The molecule has 0 radical (unpaired) electrons. The van der Waals surface area contributed by atoms with Crippen LogP contribution >= 0.6 is 0 Å². The van der Waals surface area contributed by atoms with E-state index in [0.29, 0.717) is 11.3 Å². The molecule has 2 fully saturated rings. The minimum atomic E-state index is -4.66. The summed E-state index contributed by atoms with van der Waals surface area (Å²) < 4.78 is 69.4. The van der Waals surface area contributed by atoms with E-state index in [1.165, 1.54) is 11.7 Å². The highest BCUT2D eigenvalue weighted by Crippen LogP contribution is 2.53. The number of hydrogen-bond donors (Lipinski definition) is 1. The molecule has 3 rings (SSSR count). The van der Waals surface area contributed by atoms with E-state index < -0.39 is 30.2 Å². The summed E-state index contributed by atoms with van der Waals surface area (Å²) in [6.45, 7) is 0.729. The Hall–Kier alpha value is -1.87. The first-order valence-electron chi connectivity index (χ1n) is 7.97. The SMILES string of the molecule is C[C@@H](OC(=O)Nc1c(C2CC2)c(C2CC(F)(F)C2)nn1C)C(F)(F)F. The first-order valence-corrected chi connectivity index (χ1v) is 7.97. The Bertz CT molecular complexity index is 673. The van der Waals surface area contributed by atoms with Gasteiger partial charge in [-0.1, -0.05) is 0 Å². The molecule has 1 aromatic heterocycles. The number of aryl methyl sites for hydroxylation is 1. The van der Waals surface area contributed by atoms with Crippen molar-refractivity contribution in [3.05, 3.63) is 11.3 Å². The molecule has 5 nitrogen and oxygen atoms in total. The van der Waals surface area contributed by atoms with Gasteiger partial charge < -0.3 is 4.74 Å². The maximum Gasteiger partial charge on any atom is 0.425 e. The molecule has 25 heavy (non-hydrogen) atoms. The fraction of sp³-hybridized carbons (Fsp3) is 0.733. The summed E-state index contributed by atoms with van der Waals surface area (Å²) in [5, 5.41) is 6.53. The molecule has 0 unspecified atom stereocenters. The molecular formula is C15H18F5N3O2. The number of hydrogen-bond acceptors (Lipinski definition) is 3. The molecule has 0 spiro atoms. The highest BCUT2D eigenvalue weighted by atomic mass is 19.4. The minimum absolute atomic E-state index is 0.0771. The number of ether oxygens (including phenoxy) is 1. The summed E-state index contributed by atoms with van der Waals surface area (Å²) in [5.41, 5.74) is 1.13. The fourth-order valence-corrected chi connectivity index (χ4v) is 2.99. The lowest BCUT2D eigenvalue weighted by Gasteiger charge is -2.34. The molecule has 0 bridgehead atoms. The summed E-state index contributed by atoms with van der Waals surface area (Å²) in [7, 11) is 1.51. The Kier molecular flexibility index (Phi) is 4.19. The van der Waals surface area contributed by atoms with Gasteiger partial charge in [-0.15, -0.1) is 0 Å². The second kappa shape index (κ2) is 5.84. The van der Waals surface area contributed by atoms with Crippen LogP contribution in [0.3, 0.4) is 0 Å². The van der Waals surface area contributed by atoms with E-state index in [1.807, 2.05) is 0 Å². The van der Waals surface area contributed by atoms with Gasteiger partial charge in [0.25, 0.3) is 0 Å². The molecule has 1 N–H and O–H groups in total. The van der Waals surface area contributed by atoms with Gasteiger partial charge in [0.15, 0.2) is 6.10 Å². The van der Waals surface area contributed by atoms with Gasteiger partial charge in [0.2, 0.25) is 5.92 Å². The van der Waals surface area contributed by atoms with Crippen molar-refractivity contribution in [1.82, 2.24) is 9.78 Å². The van der Waals surface area contributed by atoms with Crippen LogP contribution < -0.4 is 5.32 Å². The average molecular weight is 367 g/mol. The van der Waals surface area contributed by atoms with E-state index in [0.717, 1.165) is 19.8 Å². The first-order chi connectivity index (χ1) is 11.5. The van der Waals surface area contributed by atoms with Crippen LogP contribution in [-0.4, -0.2) is 34.1 Å². The van der Waals surface area contributed by atoms with E-state index in [-0.39, 0.29) is 24.6 Å². The monoisotopic (exact) mass is 367 g/mol. The Morgan fingerprint density at radius 1 is 1.32 bits per heavy atom. The maximum absolute atomic E-state index is 13.2. The van der Waals surface area contributed by atoms with Gasteiger partial charge in [-0.05, 0) is 25.7 Å². The number of halogens is 5. The highest BCUT2D eigenvalue weighted by Gasteiger charge is 2.49. The zero-order chi connectivity index (χ0) is 18.6. The summed E-state index contributed by atoms with van der Waals surface area (Å²) >= 11 is 0. The van der Waals surface area contributed by atoms with E-state index in [1.54, 1.807) is 0 Å². The largest absolute Gasteiger partial charge is 0.437 e. The minimum Gasteiger partial charge on any atom is -0.437 e. The molecule has 10 heteroatoms. The maximum atomic E-state index is 13.2. The number of alkyl halides is 5. The van der Waals surface area contributed by atoms with Crippen LogP contribution in [0.2, 0.25) is 0 Å². The normalized spacial score (nSPS) is 21.6. The predicted molar refractivity (Wildman–Crippen MR) is 77.7 cm³/mol. The second-order valence-electron chi connectivity index (χ2n) is 6.72. The van der Waals surface area contributed by atoms with Crippen molar-refractivity contribution in [3.8, 4) is 0 Å². The Morgan fingerprint density at radius 3 is 2.40 bits per heavy atom. The van der Waals surface area contributed by atoms with Gasteiger partial charge in [-0.25, -0.2) is 13.6 Å². The zero-order valence-electron chi connectivity index (χ0n) is 13.7. The van der Waals surface area contributed by atoms with Crippen LogP contribution in [0.15, 0.2) is 0 Å². The number of nitrogens with zero attached hydrogens (tertiary/aromatic N) is 2. The summed E-state index contributed by atoms with van der Waals surface area (Å²) in [4.78, 5) is 11.8. The third kappa shape index (κ3) is 3.72. The van der Waals surface area contributed by atoms with Crippen molar-refractivity contribution in [2.45, 2.75) is 62.6 Å². The molecule has 2 aliphatic rings. The molecule has 0 saturated heterocycles. The van der Waals surface area contributed by atoms with Crippen molar-refractivity contribution in [2.24, 2.45) is 7.05 Å². The highest BCUT2D eigenvalue weighted by molar-refractivity contribution is 5.85. The Morgan fingerprint density at radius 2 is 1.92 bits per heavy atom. The molecule has 140 valence electrons. The molecule has 1 aromatic rings. The topological polar surface area (TPSA) is 56.1 Å². The second-order valence-corrected chi connectivity index (χ2v) is 6.72. The van der Waals surface area contributed by atoms with E-state index in [4.69, 9.17) is 0 Å². The lowest BCUT2D eigenvalue weighted by molar-refractivity contribution is -0.196. The number of carbonyl (C=O) groups excluding carboxylic acids is 1. The van der Waals surface area contributed by atoms with Crippen molar-refractivity contribution in [1.29, 1.82) is 0 Å². The van der Waals surface area contributed by atoms with Gasteiger partial charge >= 0.3 is 12.3 Å². The van der Waals surface area contributed by atoms with Crippen LogP contribution in [0.5, 0.6) is 0 Å². The summed E-state index contributed by atoms with van der Waals surface area (Å²) in [6, 6.07) is 0. The van der Waals surface area contributed by atoms with Gasteiger partial charge in [-0.2, -0.15) is 18.3 Å². The van der Waals surface area contributed by atoms with E-state index >= 15 is 0 Å². The molecule has 0 aromatic carbocycles. The lowest BCUT2D eigenvalue weighted by atomic mass is 9.77. The van der Waals surface area contributed by atoms with Gasteiger partial charge in [0, 0.05) is 31.4 Å². The number of amides is 1. The van der Waals surface area contributed by atoms with Gasteiger partial charge in [0.1, 0.15) is 5.82 Å². The Balaban J connectivity index is 1.77. The smallest absolute Gasteiger partial charge is 0.425 e. The molecule has 1 heterocycles. The number of carbonyl (C=O) groups is 1. The Labute approximate surface area is 140 Å². The van der Waals surface area contributed by atoms with Crippen LogP contribution in [-0.2, 0) is 11.8 Å². The van der Waals surface area contributed by atoms with Gasteiger partial charge in [0.05, 0.1) is 5.69 Å². The predicted octanol–water partition coefficient (Wildman–Crippen LogP) is 4.31. The van der Waals surface area contributed by atoms with E-state index in [2.05, 4.69) is 15.2 Å². The molecular weight excluding hydrogens is 349 g/mol. The number of nitrogens with one attached hydrogen (secondary N) is 1. The average Bonchev–Trinajstić information content (AvgIpc) is 3.21. The van der Waals surface area contributed by atoms with Crippen LogP contribution in [0.25, 0.3) is 0 Å². The molecule has 1 atom stereocenters. The van der Waals surface area contributed by atoms with Crippen molar-refractivity contribution in [2.75, 3.05) is 5.32 Å². The van der Waals surface area contributed by atoms with Crippen molar-refractivity contribution < 1.29 is 31.5 Å². The molecule has 2 saturated carbocycles. The third-order valence-electron chi connectivity index (χ3n) is 4.54. The van der Waals surface area contributed by atoms with Crippen LogP contribution in [0.4, 0.5) is 32.6 Å². The van der Waals surface area contributed by atoms with Crippen molar-refractivity contribution >= 4 is 11.9 Å². The quantitative estimate of drug-likeness (QED) is 0.807. The van der Waals surface area contributed by atoms with Crippen molar-refractivity contribution in [3.63, 3.8) is 0 Å². The molecule has 1 amide bonds. The summed E-state index contributed by atoms with van der Waals surface area (Å²) in [5.74, 6) is -2.82. The molecule has 0 aliphatic heterocycles. The first kappa shape index (κ1) is 17.9. The summed E-state index contributed by atoms with van der Waals surface area (Å²) in [6.07, 6.45) is -7.13. The number of aromatic nitrogens is 2. The van der Waals surface area contributed by atoms with E-state index in [9.17, 15) is 26.7 Å².